The Morgan fingerprint density at radius 1 is 1.27 bits per heavy atom. The van der Waals surface area contributed by atoms with Crippen molar-refractivity contribution in [2.45, 2.75) is 26.5 Å². The fourth-order valence-electron chi connectivity index (χ4n) is 2.09. The van der Waals surface area contributed by atoms with E-state index in [9.17, 15) is 19.2 Å². The van der Waals surface area contributed by atoms with Gasteiger partial charge in [-0.2, -0.15) is 4.68 Å². The molecule has 1 heterocycles. The molecule has 2 rings (SSSR count). The number of hydrogen-bond donors (Lipinski definition) is 2. The number of nitrogens with two attached hydrogens (primary N) is 1. The van der Waals surface area contributed by atoms with Crippen LogP contribution < -0.4 is 16.8 Å². The average Bonchev–Trinajstić information content (AvgIpc) is 2.93. The van der Waals surface area contributed by atoms with E-state index >= 15 is 0 Å². The third kappa shape index (κ3) is 4.79. The Hall–Kier alpha value is -3.43. The van der Waals surface area contributed by atoms with Crippen LogP contribution in [-0.4, -0.2) is 33.8 Å². The van der Waals surface area contributed by atoms with E-state index in [0.717, 1.165) is 4.68 Å². The molecule has 2 aromatic rings. The van der Waals surface area contributed by atoms with Gasteiger partial charge in [0, 0.05) is 5.56 Å². The highest BCUT2D eigenvalue weighted by Gasteiger charge is 2.28. The maximum atomic E-state index is 12.1. The minimum Gasteiger partial charge on any atom is -0.451 e. The molecule has 1 unspecified atom stereocenters. The first-order valence-corrected chi connectivity index (χ1v) is 7.71. The number of carbonyl (C=O) groups is 3. The molecule has 0 saturated carbocycles. The highest BCUT2D eigenvalue weighted by Crippen LogP contribution is 2.14. The highest BCUT2D eigenvalue weighted by atomic mass is 16.5. The van der Waals surface area contributed by atoms with Crippen LogP contribution in [-0.2, 0) is 20.9 Å². The van der Waals surface area contributed by atoms with E-state index < -0.39 is 42.2 Å². The summed E-state index contributed by atoms with van der Waals surface area (Å²) in [5, 5.41) is 5.78. The number of ether oxygens (including phenoxy) is 1. The molecule has 0 radical (unpaired) electrons. The lowest BCUT2D eigenvalue weighted by Gasteiger charge is -2.19. The lowest BCUT2D eigenvalue weighted by molar-refractivity contribution is -0.159. The lowest BCUT2D eigenvalue weighted by atomic mass is 10.1. The summed E-state index contributed by atoms with van der Waals surface area (Å²) in [6.45, 7) is 2.69. The average molecular weight is 362 g/mol. The van der Waals surface area contributed by atoms with E-state index in [1.54, 1.807) is 44.2 Å². The molecule has 10 heteroatoms. The summed E-state index contributed by atoms with van der Waals surface area (Å²) in [5.74, 6) is -2.96. The topological polar surface area (TPSA) is 147 Å². The minimum absolute atomic E-state index is 0.0512. The molecule has 1 aromatic heterocycles. The molecule has 1 aromatic carbocycles. The van der Waals surface area contributed by atoms with Crippen LogP contribution in [0.25, 0.3) is 11.5 Å². The van der Waals surface area contributed by atoms with Gasteiger partial charge in [-0.3, -0.25) is 14.9 Å². The number of esters is 1. The summed E-state index contributed by atoms with van der Waals surface area (Å²) in [6.07, 6.45) is -1.24. The Bertz CT molecular complexity index is 855. The van der Waals surface area contributed by atoms with E-state index in [1.807, 2.05) is 5.32 Å². The van der Waals surface area contributed by atoms with Gasteiger partial charge in [-0.05, 0) is 18.1 Å². The number of urea groups is 1. The maximum absolute atomic E-state index is 12.1. The number of hydrogen-bond acceptors (Lipinski definition) is 7. The van der Waals surface area contributed by atoms with Crippen LogP contribution in [0.15, 0.2) is 39.5 Å². The molecule has 3 amide bonds. The van der Waals surface area contributed by atoms with Crippen molar-refractivity contribution in [3.63, 3.8) is 0 Å². The van der Waals surface area contributed by atoms with E-state index in [-0.39, 0.29) is 5.89 Å². The number of amides is 3. The van der Waals surface area contributed by atoms with Crippen molar-refractivity contribution in [2.75, 3.05) is 0 Å². The zero-order chi connectivity index (χ0) is 19.3. The summed E-state index contributed by atoms with van der Waals surface area (Å²) in [5.41, 5.74) is 5.45. The van der Waals surface area contributed by atoms with Gasteiger partial charge >= 0.3 is 17.8 Å². The first-order valence-electron chi connectivity index (χ1n) is 7.71. The third-order valence-corrected chi connectivity index (χ3v) is 3.27. The van der Waals surface area contributed by atoms with Crippen LogP contribution in [0.2, 0.25) is 0 Å². The molecule has 0 aliphatic carbocycles. The number of nitrogens with zero attached hydrogens (tertiary/aromatic N) is 2. The third-order valence-electron chi connectivity index (χ3n) is 3.27. The molecular weight excluding hydrogens is 344 g/mol. The van der Waals surface area contributed by atoms with E-state index in [4.69, 9.17) is 14.9 Å². The molecule has 138 valence electrons. The molecule has 0 spiro atoms. The van der Waals surface area contributed by atoms with Gasteiger partial charge < -0.3 is 14.9 Å². The Balaban J connectivity index is 2.09. The predicted octanol–water partition coefficient (Wildman–Crippen LogP) is 0.266. The number of imide groups is 1. The summed E-state index contributed by atoms with van der Waals surface area (Å²) in [6, 6.07) is 7.60. The Kier molecular flexibility index (Phi) is 5.89. The molecule has 3 N–H and O–H groups in total. The summed E-state index contributed by atoms with van der Waals surface area (Å²) < 4.78 is 10.8. The quantitative estimate of drug-likeness (QED) is 0.701. The molecule has 0 saturated heterocycles. The van der Waals surface area contributed by atoms with Crippen LogP contribution in [0.4, 0.5) is 4.79 Å². The van der Waals surface area contributed by atoms with E-state index in [0.29, 0.717) is 5.56 Å². The van der Waals surface area contributed by atoms with Gasteiger partial charge in [0.15, 0.2) is 6.10 Å². The van der Waals surface area contributed by atoms with Gasteiger partial charge in [0.25, 0.3) is 5.91 Å². The van der Waals surface area contributed by atoms with Crippen molar-refractivity contribution in [1.29, 1.82) is 0 Å². The number of carbonyl (C=O) groups excluding carboxylic acids is 3. The predicted molar refractivity (Wildman–Crippen MR) is 88.6 cm³/mol. The van der Waals surface area contributed by atoms with Gasteiger partial charge in [0.1, 0.15) is 6.54 Å². The SMILES string of the molecule is CC(C)C(OC(=O)Cn1nc(-c2ccccc2)oc1=O)C(=O)NC(N)=O. The molecule has 10 nitrogen and oxygen atoms in total. The number of nitrogens with one attached hydrogen (secondary N) is 1. The molecule has 0 aliphatic rings. The fraction of sp³-hybridized carbons (Fsp3) is 0.312. The van der Waals surface area contributed by atoms with E-state index in [1.165, 1.54) is 0 Å². The zero-order valence-corrected chi connectivity index (χ0v) is 14.2. The van der Waals surface area contributed by atoms with Gasteiger partial charge in [0.05, 0.1) is 0 Å². The second-order valence-electron chi connectivity index (χ2n) is 5.70. The Morgan fingerprint density at radius 2 is 1.92 bits per heavy atom. The van der Waals surface area contributed by atoms with E-state index in [2.05, 4.69) is 5.10 Å². The van der Waals surface area contributed by atoms with Gasteiger partial charge in [0.2, 0.25) is 5.89 Å². The van der Waals surface area contributed by atoms with Crippen molar-refractivity contribution in [2.24, 2.45) is 11.7 Å². The van der Waals surface area contributed by atoms with Crippen molar-refractivity contribution in [3.8, 4) is 11.5 Å². The van der Waals surface area contributed by atoms with Crippen LogP contribution >= 0.6 is 0 Å². The Labute approximate surface area is 147 Å². The normalized spacial score (nSPS) is 11.8. The van der Waals surface area contributed by atoms with Gasteiger partial charge in [-0.15, -0.1) is 5.10 Å². The number of primary amides is 1. The fourth-order valence-corrected chi connectivity index (χ4v) is 2.09. The first-order chi connectivity index (χ1) is 12.3. The van der Waals surface area contributed by atoms with Gasteiger partial charge in [-0.25, -0.2) is 9.59 Å². The largest absolute Gasteiger partial charge is 0.451 e. The highest BCUT2D eigenvalue weighted by molar-refractivity contribution is 5.96. The molecule has 1 atom stereocenters. The maximum Gasteiger partial charge on any atom is 0.437 e. The first kappa shape index (κ1) is 18.9. The van der Waals surface area contributed by atoms with Gasteiger partial charge in [-0.1, -0.05) is 32.0 Å². The monoisotopic (exact) mass is 362 g/mol. The van der Waals surface area contributed by atoms with Crippen molar-refractivity contribution in [3.05, 3.63) is 40.9 Å². The zero-order valence-electron chi connectivity index (χ0n) is 14.2. The van der Waals surface area contributed by atoms with Crippen LogP contribution in [0.3, 0.4) is 0 Å². The molecule has 26 heavy (non-hydrogen) atoms. The second kappa shape index (κ2) is 8.10. The number of aromatic nitrogens is 2. The van der Waals surface area contributed by atoms with Crippen LogP contribution in [0.1, 0.15) is 13.8 Å². The molecule has 0 fully saturated rings. The molecular formula is C16H18N4O6. The number of benzene rings is 1. The molecule has 0 aliphatic heterocycles. The second-order valence-corrected chi connectivity index (χ2v) is 5.70. The Morgan fingerprint density at radius 3 is 2.50 bits per heavy atom. The van der Waals surface area contributed by atoms with Crippen molar-refractivity contribution >= 4 is 17.9 Å². The van der Waals surface area contributed by atoms with Crippen molar-refractivity contribution in [1.82, 2.24) is 15.1 Å². The summed E-state index contributed by atoms with van der Waals surface area (Å²) in [4.78, 5) is 46.5. The minimum atomic E-state index is -1.24. The van der Waals surface area contributed by atoms with Crippen molar-refractivity contribution < 1.29 is 23.5 Å². The number of rotatable bonds is 6. The standard InChI is InChI=1S/C16H18N4O6/c1-9(2)12(13(22)18-15(17)23)25-11(21)8-20-16(24)26-14(19-20)10-6-4-3-5-7-10/h3-7,9,12H,8H2,1-2H3,(H3,17,18,22,23). The van der Waals surface area contributed by atoms with Crippen LogP contribution in [0, 0.1) is 5.92 Å². The van der Waals surface area contributed by atoms with Crippen LogP contribution in [0.5, 0.6) is 0 Å². The molecule has 0 bridgehead atoms. The smallest absolute Gasteiger partial charge is 0.437 e. The summed E-state index contributed by atoms with van der Waals surface area (Å²) in [7, 11) is 0. The summed E-state index contributed by atoms with van der Waals surface area (Å²) >= 11 is 0. The lowest BCUT2D eigenvalue weighted by Crippen LogP contribution is -2.46.